The molecule has 0 bridgehead atoms. The lowest BCUT2D eigenvalue weighted by molar-refractivity contribution is 0.297. The maximum absolute atomic E-state index is 5.65. The van der Waals surface area contributed by atoms with Gasteiger partial charge in [0.15, 0.2) is 0 Å². The predicted molar refractivity (Wildman–Crippen MR) is 74.6 cm³/mol. The lowest BCUT2D eigenvalue weighted by atomic mass is 10.3. The van der Waals surface area contributed by atoms with E-state index in [1.54, 1.807) is 0 Å². The molecule has 0 aliphatic rings. The number of aromatic amines is 1. The molecular weight excluding hydrogens is 292 g/mol. The van der Waals surface area contributed by atoms with Crippen molar-refractivity contribution in [2.24, 2.45) is 0 Å². The highest BCUT2D eigenvalue weighted by Crippen LogP contribution is 2.18. The van der Waals surface area contributed by atoms with Gasteiger partial charge in [-0.25, -0.2) is 4.98 Å². The maximum Gasteiger partial charge on any atom is 0.146 e. The van der Waals surface area contributed by atoms with Crippen LogP contribution in [-0.2, 0) is 6.61 Å². The molecule has 0 atom stereocenters. The van der Waals surface area contributed by atoms with E-state index in [0.29, 0.717) is 6.61 Å². The summed E-state index contributed by atoms with van der Waals surface area (Å²) >= 11 is 3.44. The molecule has 0 fully saturated rings. The Labute approximate surface area is 113 Å². The molecule has 1 heterocycles. The molecule has 4 heteroatoms. The van der Waals surface area contributed by atoms with Gasteiger partial charge in [0.05, 0.1) is 11.0 Å². The van der Waals surface area contributed by atoms with Crippen molar-refractivity contribution < 1.29 is 4.74 Å². The van der Waals surface area contributed by atoms with E-state index in [2.05, 4.69) is 25.9 Å². The van der Waals surface area contributed by atoms with Gasteiger partial charge in [-0.1, -0.05) is 34.1 Å². The summed E-state index contributed by atoms with van der Waals surface area (Å²) in [6, 6.07) is 15.7. The van der Waals surface area contributed by atoms with Crippen LogP contribution in [0.5, 0.6) is 5.75 Å². The molecule has 18 heavy (non-hydrogen) atoms. The van der Waals surface area contributed by atoms with Gasteiger partial charge in [0.2, 0.25) is 0 Å². The Balaban J connectivity index is 1.79. The molecule has 1 N–H and O–H groups in total. The van der Waals surface area contributed by atoms with E-state index in [1.807, 2.05) is 48.5 Å². The van der Waals surface area contributed by atoms with Gasteiger partial charge >= 0.3 is 0 Å². The zero-order valence-corrected chi connectivity index (χ0v) is 11.1. The number of para-hydroxylation sites is 1. The third-order valence-electron chi connectivity index (χ3n) is 2.61. The first kappa shape index (κ1) is 11.3. The van der Waals surface area contributed by atoms with Crippen LogP contribution in [0, 0.1) is 0 Å². The first-order valence-corrected chi connectivity index (χ1v) is 6.42. The van der Waals surface area contributed by atoms with Crippen molar-refractivity contribution in [3.63, 3.8) is 0 Å². The molecule has 0 aliphatic heterocycles. The maximum atomic E-state index is 5.65. The third-order valence-corrected chi connectivity index (χ3v) is 3.10. The van der Waals surface area contributed by atoms with Crippen LogP contribution in [-0.4, -0.2) is 9.97 Å². The fourth-order valence-electron chi connectivity index (χ4n) is 1.77. The molecule has 0 aliphatic carbocycles. The minimum atomic E-state index is 0.441. The van der Waals surface area contributed by atoms with Crippen LogP contribution in [0.15, 0.2) is 53.0 Å². The number of benzene rings is 2. The van der Waals surface area contributed by atoms with Crippen LogP contribution in [0.4, 0.5) is 0 Å². The van der Waals surface area contributed by atoms with Crippen LogP contribution in [0.3, 0.4) is 0 Å². The van der Waals surface area contributed by atoms with Crippen molar-refractivity contribution in [2.45, 2.75) is 6.61 Å². The average Bonchev–Trinajstić information content (AvgIpc) is 2.79. The lowest BCUT2D eigenvalue weighted by Gasteiger charge is -2.02. The minimum Gasteiger partial charge on any atom is -0.486 e. The van der Waals surface area contributed by atoms with Gasteiger partial charge in [0.1, 0.15) is 18.2 Å². The quantitative estimate of drug-likeness (QED) is 0.796. The molecule has 1 aromatic heterocycles. The predicted octanol–water partition coefficient (Wildman–Crippen LogP) is 3.90. The summed E-state index contributed by atoms with van der Waals surface area (Å²) < 4.78 is 6.68. The number of imidazole rings is 1. The Morgan fingerprint density at radius 1 is 1.11 bits per heavy atom. The fraction of sp³-hybridized carbons (Fsp3) is 0.0714. The number of ether oxygens (including phenoxy) is 1. The van der Waals surface area contributed by atoms with Crippen LogP contribution in [0.1, 0.15) is 5.82 Å². The zero-order valence-electron chi connectivity index (χ0n) is 9.56. The molecular formula is C14H11BrN2O. The Morgan fingerprint density at radius 2 is 1.94 bits per heavy atom. The van der Waals surface area contributed by atoms with E-state index >= 15 is 0 Å². The first-order valence-electron chi connectivity index (χ1n) is 5.63. The number of halogens is 1. The van der Waals surface area contributed by atoms with E-state index in [4.69, 9.17) is 4.74 Å². The number of nitrogens with zero attached hydrogens (tertiary/aromatic N) is 1. The van der Waals surface area contributed by atoms with Crippen molar-refractivity contribution in [1.29, 1.82) is 0 Å². The molecule has 3 aromatic rings. The highest BCUT2D eigenvalue weighted by Gasteiger charge is 2.03. The second kappa shape index (κ2) is 4.82. The Hall–Kier alpha value is -1.81. The summed E-state index contributed by atoms with van der Waals surface area (Å²) in [7, 11) is 0. The van der Waals surface area contributed by atoms with E-state index in [1.165, 1.54) is 0 Å². The summed E-state index contributed by atoms with van der Waals surface area (Å²) in [6.07, 6.45) is 0. The third kappa shape index (κ3) is 2.38. The van der Waals surface area contributed by atoms with Crippen molar-refractivity contribution >= 4 is 27.0 Å². The molecule has 3 nitrogen and oxygen atoms in total. The van der Waals surface area contributed by atoms with Gasteiger partial charge < -0.3 is 9.72 Å². The first-order chi connectivity index (χ1) is 8.81. The second-order valence-electron chi connectivity index (χ2n) is 3.95. The van der Waals surface area contributed by atoms with E-state index in [9.17, 15) is 0 Å². The number of fused-ring (bicyclic) bond motifs is 1. The van der Waals surface area contributed by atoms with Crippen LogP contribution in [0.2, 0.25) is 0 Å². The summed E-state index contributed by atoms with van der Waals surface area (Å²) in [6.45, 7) is 0.441. The number of hydrogen-bond acceptors (Lipinski definition) is 2. The zero-order chi connectivity index (χ0) is 12.4. The van der Waals surface area contributed by atoms with Crippen molar-refractivity contribution in [3.05, 3.63) is 58.8 Å². The SMILES string of the molecule is Brc1ccc2nc(COc3ccccc3)[nH]c2c1. The Bertz CT molecular complexity index is 664. The van der Waals surface area contributed by atoms with E-state index in [0.717, 1.165) is 27.1 Å². The molecule has 2 aromatic carbocycles. The van der Waals surface area contributed by atoms with Gasteiger partial charge in [-0.15, -0.1) is 0 Å². The minimum absolute atomic E-state index is 0.441. The Morgan fingerprint density at radius 3 is 2.78 bits per heavy atom. The van der Waals surface area contributed by atoms with Gasteiger partial charge in [0.25, 0.3) is 0 Å². The van der Waals surface area contributed by atoms with Gasteiger partial charge in [-0.3, -0.25) is 0 Å². The van der Waals surface area contributed by atoms with Crippen LogP contribution < -0.4 is 4.74 Å². The average molecular weight is 303 g/mol. The van der Waals surface area contributed by atoms with Crippen LogP contribution >= 0.6 is 15.9 Å². The van der Waals surface area contributed by atoms with Gasteiger partial charge in [-0.2, -0.15) is 0 Å². The largest absolute Gasteiger partial charge is 0.486 e. The monoisotopic (exact) mass is 302 g/mol. The number of rotatable bonds is 3. The standard InChI is InChI=1S/C14H11BrN2O/c15-10-6-7-12-13(8-10)17-14(16-12)9-18-11-4-2-1-3-5-11/h1-8H,9H2,(H,16,17). The number of aromatic nitrogens is 2. The van der Waals surface area contributed by atoms with Crippen molar-refractivity contribution in [3.8, 4) is 5.75 Å². The second-order valence-corrected chi connectivity index (χ2v) is 4.86. The molecule has 90 valence electrons. The van der Waals surface area contributed by atoms with Crippen molar-refractivity contribution in [1.82, 2.24) is 9.97 Å². The lowest BCUT2D eigenvalue weighted by Crippen LogP contribution is -1.96. The summed E-state index contributed by atoms with van der Waals surface area (Å²) in [4.78, 5) is 7.71. The van der Waals surface area contributed by atoms with Gasteiger partial charge in [0, 0.05) is 4.47 Å². The van der Waals surface area contributed by atoms with Crippen molar-refractivity contribution in [2.75, 3.05) is 0 Å². The van der Waals surface area contributed by atoms with Crippen LogP contribution in [0.25, 0.3) is 11.0 Å². The summed E-state index contributed by atoms with van der Waals surface area (Å²) in [5.41, 5.74) is 1.96. The number of H-pyrrole nitrogens is 1. The topological polar surface area (TPSA) is 37.9 Å². The Kier molecular flexibility index (Phi) is 3.02. The fourth-order valence-corrected chi connectivity index (χ4v) is 2.13. The molecule has 3 rings (SSSR count). The highest BCUT2D eigenvalue weighted by atomic mass is 79.9. The molecule has 0 spiro atoms. The summed E-state index contributed by atoms with van der Waals surface area (Å²) in [5, 5.41) is 0. The molecule has 0 unspecified atom stereocenters. The van der Waals surface area contributed by atoms with E-state index < -0.39 is 0 Å². The molecule has 0 radical (unpaired) electrons. The molecule has 0 saturated heterocycles. The number of nitrogens with one attached hydrogen (secondary N) is 1. The normalized spacial score (nSPS) is 10.7. The highest BCUT2D eigenvalue weighted by molar-refractivity contribution is 9.10. The van der Waals surface area contributed by atoms with Gasteiger partial charge in [-0.05, 0) is 30.3 Å². The molecule has 0 amide bonds. The van der Waals surface area contributed by atoms with E-state index in [-0.39, 0.29) is 0 Å². The smallest absolute Gasteiger partial charge is 0.146 e. The number of hydrogen-bond donors (Lipinski definition) is 1. The molecule has 0 saturated carbocycles. The summed E-state index contributed by atoms with van der Waals surface area (Å²) in [5.74, 6) is 1.67.